The van der Waals surface area contributed by atoms with E-state index >= 15 is 0 Å². The fraction of sp³-hybridized carbons (Fsp3) is 0.273. The molecule has 15 heteroatoms. The molecule has 11 nitrogen and oxygen atoms in total. The maximum absolute atomic E-state index is 14.3. The van der Waals surface area contributed by atoms with Gasteiger partial charge in [0.15, 0.2) is 4.90 Å². The molecule has 4 heterocycles. The first-order valence-corrected chi connectivity index (χ1v) is 17.6. The summed E-state index contributed by atoms with van der Waals surface area (Å²) in [6.07, 6.45) is 3.38. The third-order valence-electron chi connectivity index (χ3n) is 7.72. The summed E-state index contributed by atoms with van der Waals surface area (Å²) in [7, 11) is -4.56. The van der Waals surface area contributed by atoms with Gasteiger partial charge in [0.25, 0.3) is 10.0 Å². The number of aliphatic hydroxyl groups excluding tert-OH is 1. The number of nitrogens with zero attached hydrogens (tertiary/aromatic N) is 6. The van der Waals surface area contributed by atoms with Crippen molar-refractivity contribution in [1.29, 1.82) is 0 Å². The third kappa shape index (κ3) is 7.44. The molecule has 1 saturated heterocycles. The Morgan fingerprint density at radius 2 is 1.69 bits per heavy atom. The monoisotopic (exact) mass is 692 g/mol. The van der Waals surface area contributed by atoms with E-state index in [9.17, 15) is 22.3 Å². The lowest BCUT2D eigenvalue weighted by atomic mass is 10.1. The number of β-amino-alcohol motifs (C(OH)–C–C–N with tert-alkyl or cyclic N) is 1. The van der Waals surface area contributed by atoms with Crippen LogP contribution in [0.15, 0.2) is 78.0 Å². The second-order valence-corrected chi connectivity index (χ2v) is 14.1. The zero-order valence-corrected chi connectivity index (χ0v) is 27.9. The molecule has 0 radical (unpaired) electrons. The molecule has 1 aliphatic rings. The van der Waals surface area contributed by atoms with Gasteiger partial charge in [-0.05, 0) is 42.5 Å². The van der Waals surface area contributed by atoms with Crippen molar-refractivity contribution >= 4 is 44.5 Å². The number of aliphatic hydroxyl groups is 1. The van der Waals surface area contributed by atoms with Crippen LogP contribution < -0.4 is 14.9 Å². The molecule has 0 atom stereocenters. The normalized spacial score (nSPS) is 14.0. The van der Waals surface area contributed by atoms with Crippen molar-refractivity contribution in [2.75, 3.05) is 54.3 Å². The van der Waals surface area contributed by atoms with E-state index < -0.39 is 26.6 Å². The minimum atomic E-state index is -4.56. The molecule has 0 amide bonds. The number of sulfonamides is 1. The molecule has 3 N–H and O–H groups in total. The van der Waals surface area contributed by atoms with Crippen LogP contribution in [0, 0.1) is 11.6 Å². The number of benzene rings is 2. The molecule has 0 bridgehead atoms. The minimum absolute atomic E-state index is 0.106. The van der Waals surface area contributed by atoms with Crippen molar-refractivity contribution < 1.29 is 22.3 Å². The van der Waals surface area contributed by atoms with Crippen LogP contribution in [0.25, 0.3) is 21.8 Å². The minimum Gasteiger partial charge on any atom is -0.395 e. The first-order chi connectivity index (χ1) is 23.1. The molecule has 48 heavy (non-hydrogen) atoms. The van der Waals surface area contributed by atoms with E-state index in [2.05, 4.69) is 29.8 Å². The Hall–Kier alpha value is -4.57. The van der Waals surface area contributed by atoms with E-state index in [0.29, 0.717) is 35.1 Å². The Balaban J connectivity index is 1.24. The zero-order chi connectivity index (χ0) is 33.8. The van der Waals surface area contributed by atoms with Crippen molar-refractivity contribution in [3.63, 3.8) is 0 Å². The second-order valence-electron chi connectivity index (χ2n) is 11.5. The first kappa shape index (κ1) is 33.3. The lowest BCUT2D eigenvalue weighted by Crippen LogP contribution is -2.47. The zero-order valence-electron chi connectivity index (χ0n) is 26.3. The summed E-state index contributed by atoms with van der Waals surface area (Å²) < 4.78 is 56.8. The molecule has 0 aliphatic carbocycles. The van der Waals surface area contributed by atoms with Crippen molar-refractivity contribution in [1.82, 2.24) is 24.8 Å². The number of halogens is 2. The molecule has 6 rings (SSSR count). The standard InChI is InChI=1S/C33H34F2N8O3S2/c1-21(2)32-40-29(22-5-3-6-23(19-22)41-48(45,46)31-25(34)7-4-8-26(31)35)30(47-32)27-11-12-36-33(39-27)38-24-9-10-28(37-20-24)43-15-13-42(14-16-43)17-18-44/h3-12,19-21,41,44H,13-18H2,1-2H3,(H,36,38,39). The second kappa shape index (κ2) is 14.3. The topological polar surface area (TPSA) is 136 Å². The molecule has 2 aromatic carbocycles. The summed E-state index contributed by atoms with van der Waals surface area (Å²) >= 11 is 1.47. The number of piperazine rings is 1. The van der Waals surface area contributed by atoms with Gasteiger partial charge in [0, 0.05) is 56.1 Å². The van der Waals surface area contributed by atoms with E-state index in [1.165, 1.54) is 17.4 Å². The van der Waals surface area contributed by atoms with Gasteiger partial charge in [-0.25, -0.2) is 37.1 Å². The van der Waals surface area contributed by atoms with E-state index in [-0.39, 0.29) is 18.2 Å². The van der Waals surface area contributed by atoms with Crippen LogP contribution in [0.2, 0.25) is 0 Å². The average Bonchev–Trinajstić information content (AvgIpc) is 3.52. The largest absolute Gasteiger partial charge is 0.395 e. The van der Waals surface area contributed by atoms with Gasteiger partial charge in [-0.2, -0.15) is 0 Å². The number of pyridine rings is 1. The fourth-order valence-electron chi connectivity index (χ4n) is 5.29. The van der Waals surface area contributed by atoms with Gasteiger partial charge in [-0.15, -0.1) is 11.3 Å². The van der Waals surface area contributed by atoms with Crippen molar-refractivity contribution in [2.45, 2.75) is 24.7 Å². The maximum Gasteiger partial charge on any atom is 0.267 e. The Labute approximate surface area is 281 Å². The van der Waals surface area contributed by atoms with Gasteiger partial charge in [-0.3, -0.25) is 9.62 Å². The van der Waals surface area contributed by atoms with Crippen LogP contribution >= 0.6 is 11.3 Å². The molecule has 1 fully saturated rings. The molecule has 0 saturated carbocycles. The van der Waals surface area contributed by atoms with Gasteiger partial charge in [0.2, 0.25) is 5.95 Å². The van der Waals surface area contributed by atoms with E-state index in [4.69, 9.17) is 9.97 Å². The predicted molar refractivity (Wildman–Crippen MR) is 183 cm³/mol. The summed E-state index contributed by atoms with van der Waals surface area (Å²) in [6, 6.07) is 15.0. The number of nitrogens with one attached hydrogen (secondary N) is 2. The maximum atomic E-state index is 14.3. The van der Waals surface area contributed by atoms with Crippen molar-refractivity contribution in [3.05, 3.63) is 89.7 Å². The molecule has 0 unspecified atom stereocenters. The Morgan fingerprint density at radius 1 is 0.938 bits per heavy atom. The number of anilines is 4. The van der Waals surface area contributed by atoms with Crippen LogP contribution in [0.5, 0.6) is 0 Å². The average molecular weight is 693 g/mol. The van der Waals surface area contributed by atoms with Gasteiger partial charge < -0.3 is 15.3 Å². The molecule has 1 aliphatic heterocycles. The van der Waals surface area contributed by atoms with E-state index in [1.54, 1.807) is 36.7 Å². The number of aromatic nitrogens is 4. The number of hydrogen-bond donors (Lipinski definition) is 3. The first-order valence-electron chi connectivity index (χ1n) is 15.3. The summed E-state index contributed by atoms with van der Waals surface area (Å²) in [4.78, 5) is 22.8. The number of hydrogen-bond acceptors (Lipinski definition) is 11. The fourth-order valence-corrected chi connectivity index (χ4v) is 7.54. The van der Waals surface area contributed by atoms with Crippen LogP contribution in [0.1, 0.15) is 24.8 Å². The van der Waals surface area contributed by atoms with E-state index in [1.807, 2.05) is 26.0 Å². The van der Waals surface area contributed by atoms with Gasteiger partial charge in [-0.1, -0.05) is 32.0 Å². The summed E-state index contributed by atoms with van der Waals surface area (Å²) in [5.41, 5.74) is 2.61. The van der Waals surface area contributed by atoms with Crippen molar-refractivity contribution in [3.8, 4) is 21.8 Å². The molecule has 3 aromatic heterocycles. The summed E-state index contributed by atoms with van der Waals surface area (Å²) in [5.74, 6) is -1.03. The molecule has 5 aromatic rings. The quantitative estimate of drug-likeness (QED) is 0.158. The Morgan fingerprint density at radius 3 is 2.38 bits per heavy atom. The lowest BCUT2D eigenvalue weighted by molar-refractivity contribution is 0.188. The Kier molecular flexibility index (Phi) is 9.91. The van der Waals surface area contributed by atoms with Gasteiger partial charge in [0.05, 0.1) is 39.8 Å². The highest BCUT2D eigenvalue weighted by atomic mass is 32.2. The molecule has 0 spiro atoms. The highest BCUT2D eigenvalue weighted by Gasteiger charge is 2.25. The van der Waals surface area contributed by atoms with Crippen LogP contribution in [0.4, 0.5) is 31.9 Å². The smallest absolute Gasteiger partial charge is 0.267 e. The van der Waals surface area contributed by atoms with Crippen molar-refractivity contribution in [2.24, 2.45) is 0 Å². The molecule has 250 valence electrons. The Bertz CT molecular complexity index is 1980. The molecular formula is C33H34F2N8O3S2. The third-order valence-corrected chi connectivity index (χ3v) is 10.5. The van der Waals surface area contributed by atoms with Crippen LogP contribution in [-0.4, -0.2) is 77.7 Å². The number of thiazole rings is 1. The predicted octanol–water partition coefficient (Wildman–Crippen LogP) is 5.72. The summed E-state index contributed by atoms with van der Waals surface area (Å²) in [6.45, 7) is 8.29. The lowest BCUT2D eigenvalue weighted by Gasteiger charge is -2.35. The molecular weight excluding hydrogens is 659 g/mol. The van der Waals surface area contributed by atoms with E-state index in [0.717, 1.165) is 60.1 Å². The highest BCUT2D eigenvalue weighted by Crippen LogP contribution is 2.39. The van der Waals surface area contributed by atoms with Gasteiger partial charge in [0.1, 0.15) is 17.5 Å². The number of rotatable bonds is 11. The van der Waals surface area contributed by atoms with Crippen LogP contribution in [-0.2, 0) is 10.0 Å². The van der Waals surface area contributed by atoms with Crippen LogP contribution in [0.3, 0.4) is 0 Å². The SMILES string of the molecule is CC(C)c1nc(-c2cccc(NS(=O)(=O)c3c(F)cccc3F)c2)c(-c2ccnc(Nc3ccc(N4CCN(CCO)CC4)nc3)n2)s1. The highest BCUT2D eigenvalue weighted by molar-refractivity contribution is 7.92. The summed E-state index contributed by atoms with van der Waals surface area (Å²) in [5, 5.41) is 13.3. The van der Waals surface area contributed by atoms with Gasteiger partial charge >= 0.3 is 0 Å².